The van der Waals surface area contributed by atoms with Crippen LogP contribution in [0.5, 0.6) is 0 Å². The molecule has 1 aromatic carbocycles. The lowest BCUT2D eigenvalue weighted by molar-refractivity contribution is 0.301. The molecule has 1 aliphatic carbocycles. The zero-order valence-corrected chi connectivity index (χ0v) is 13.2. The van der Waals surface area contributed by atoms with Crippen molar-refractivity contribution in [3.05, 3.63) is 33.6 Å². The van der Waals surface area contributed by atoms with Gasteiger partial charge in [0.15, 0.2) is 0 Å². The van der Waals surface area contributed by atoms with Gasteiger partial charge in [0.2, 0.25) is 11.7 Å². The van der Waals surface area contributed by atoms with Gasteiger partial charge in [0, 0.05) is 22.0 Å². The Morgan fingerprint density at radius 1 is 1.25 bits per heavy atom. The molecular formula is C14H15BrClN3O. The Hall–Kier alpha value is -0.910. The molecule has 1 saturated carbocycles. The van der Waals surface area contributed by atoms with Crippen LogP contribution < -0.4 is 5.73 Å². The molecule has 1 aliphatic rings. The molecule has 0 unspecified atom stereocenters. The van der Waals surface area contributed by atoms with Crippen molar-refractivity contribution in [2.24, 2.45) is 5.73 Å². The number of benzene rings is 1. The third kappa shape index (κ3) is 2.90. The molecule has 0 aliphatic heterocycles. The SMILES string of the molecule is NC1CCC(c2nc(-c3ccc(Cl)c(Br)c3)no2)CC1. The summed E-state index contributed by atoms with van der Waals surface area (Å²) in [6.45, 7) is 0. The smallest absolute Gasteiger partial charge is 0.230 e. The molecule has 2 aromatic rings. The van der Waals surface area contributed by atoms with Gasteiger partial charge in [0.25, 0.3) is 0 Å². The van der Waals surface area contributed by atoms with E-state index in [2.05, 4.69) is 26.1 Å². The van der Waals surface area contributed by atoms with Gasteiger partial charge in [0.1, 0.15) is 0 Å². The summed E-state index contributed by atoms with van der Waals surface area (Å²) in [4.78, 5) is 4.52. The first-order chi connectivity index (χ1) is 9.63. The van der Waals surface area contributed by atoms with Crippen LogP contribution in [0.25, 0.3) is 11.4 Å². The summed E-state index contributed by atoms with van der Waals surface area (Å²) < 4.78 is 6.24. The van der Waals surface area contributed by atoms with E-state index in [-0.39, 0.29) is 0 Å². The van der Waals surface area contributed by atoms with E-state index in [1.54, 1.807) is 0 Å². The van der Waals surface area contributed by atoms with Crippen molar-refractivity contribution in [2.45, 2.75) is 37.6 Å². The Kier molecular flexibility index (Phi) is 4.10. The van der Waals surface area contributed by atoms with Crippen molar-refractivity contribution < 1.29 is 4.52 Å². The van der Waals surface area contributed by atoms with Gasteiger partial charge in [-0.3, -0.25) is 0 Å². The second kappa shape index (κ2) is 5.84. The van der Waals surface area contributed by atoms with Crippen LogP contribution in [0.3, 0.4) is 0 Å². The van der Waals surface area contributed by atoms with Gasteiger partial charge in [-0.15, -0.1) is 0 Å². The largest absolute Gasteiger partial charge is 0.339 e. The van der Waals surface area contributed by atoms with Crippen LogP contribution in [-0.2, 0) is 0 Å². The predicted molar refractivity (Wildman–Crippen MR) is 81.6 cm³/mol. The Labute approximate surface area is 130 Å². The van der Waals surface area contributed by atoms with Gasteiger partial charge in [0.05, 0.1) is 5.02 Å². The number of nitrogens with zero attached hydrogens (tertiary/aromatic N) is 2. The highest BCUT2D eigenvalue weighted by Gasteiger charge is 2.25. The lowest BCUT2D eigenvalue weighted by atomic mass is 9.86. The average Bonchev–Trinajstić information content (AvgIpc) is 2.92. The molecule has 0 saturated heterocycles. The monoisotopic (exact) mass is 355 g/mol. The highest BCUT2D eigenvalue weighted by Crippen LogP contribution is 2.33. The molecular weight excluding hydrogens is 342 g/mol. The summed E-state index contributed by atoms with van der Waals surface area (Å²) in [5, 5.41) is 4.74. The van der Waals surface area contributed by atoms with Crippen molar-refractivity contribution >= 4 is 27.5 Å². The van der Waals surface area contributed by atoms with Crippen molar-refractivity contribution in [3.63, 3.8) is 0 Å². The van der Waals surface area contributed by atoms with Gasteiger partial charge in [-0.25, -0.2) is 0 Å². The van der Waals surface area contributed by atoms with Crippen LogP contribution >= 0.6 is 27.5 Å². The third-order valence-corrected chi connectivity index (χ3v) is 4.95. The first kappa shape index (κ1) is 14.0. The third-order valence-electron chi connectivity index (χ3n) is 3.74. The first-order valence-corrected chi connectivity index (χ1v) is 7.85. The number of rotatable bonds is 2. The van der Waals surface area contributed by atoms with Crippen LogP contribution in [0.1, 0.15) is 37.5 Å². The zero-order chi connectivity index (χ0) is 14.1. The van der Waals surface area contributed by atoms with Crippen molar-refractivity contribution in [3.8, 4) is 11.4 Å². The van der Waals surface area contributed by atoms with E-state index >= 15 is 0 Å². The number of hydrogen-bond donors (Lipinski definition) is 1. The Balaban J connectivity index is 1.81. The molecule has 3 rings (SSSR count). The Morgan fingerprint density at radius 2 is 2.00 bits per heavy atom. The van der Waals surface area contributed by atoms with Gasteiger partial charge < -0.3 is 10.3 Å². The van der Waals surface area contributed by atoms with Gasteiger partial charge in [-0.2, -0.15) is 4.98 Å². The van der Waals surface area contributed by atoms with E-state index in [1.807, 2.05) is 18.2 Å². The molecule has 2 N–H and O–H groups in total. The summed E-state index contributed by atoms with van der Waals surface area (Å²) in [5.74, 6) is 1.66. The molecule has 106 valence electrons. The first-order valence-electron chi connectivity index (χ1n) is 6.68. The molecule has 20 heavy (non-hydrogen) atoms. The van der Waals surface area contributed by atoms with Crippen LogP contribution in [0.15, 0.2) is 27.2 Å². The van der Waals surface area contributed by atoms with Crippen LogP contribution in [-0.4, -0.2) is 16.2 Å². The molecule has 0 radical (unpaired) electrons. The number of nitrogens with two attached hydrogens (primary N) is 1. The zero-order valence-electron chi connectivity index (χ0n) is 10.9. The molecule has 0 amide bonds. The van der Waals surface area contributed by atoms with E-state index in [0.717, 1.165) is 41.6 Å². The summed E-state index contributed by atoms with van der Waals surface area (Å²) in [6, 6.07) is 5.92. The number of aromatic nitrogens is 2. The van der Waals surface area contributed by atoms with E-state index in [0.29, 0.717) is 22.8 Å². The fraction of sp³-hybridized carbons (Fsp3) is 0.429. The maximum Gasteiger partial charge on any atom is 0.230 e. The van der Waals surface area contributed by atoms with Crippen molar-refractivity contribution in [1.82, 2.24) is 10.1 Å². The molecule has 0 bridgehead atoms. The lowest BCUT2D eigenvalue weighted by Crippen LogP contribution is -2.25. The van der Waals surface area contributed by atoms with Crippen LogP contribution in [0, 0.1) is 0 Å². The topological polar surface area (TPSA) is 64.9 Å². The van der Waals surface area contributed by atoms with Crippen LogP contribution in [0.2, 0.25) is 5.02 Å². The maximum atomic E-state index is 5.99. The van der Waals surface area contributed by atoms with E-state index in [4.69, 9.17) is 21.9 Å². The maximum absolute atomic E-state index is 5.99. The van der Waals surface area contributed by atoms with Gasteiger partial charge in [-0.05, 0) is 59.8 Å². The van der Waals surface area contributed by atoms with Gasteiger partial charge >= 0.3 is 0 Å². The fourth-order valence-corrected chi connectivity index (χ4v) is 3.02. The summed E-state index contributed by atoms with van der Waals surface area (Å²) in [6.07, 6.45) is 4.09. The number of halogens is 2. The van der Waals surface area contributed by atoms with Crippen molar-refractivity contribution in [2.75, 3.05) is 0 Å². The highest BCUT2D eigenvalue weighted by atomic mass is 79.9. The molecule has 1 aromatic heterocycles. The van der Waals surface area contributed by atoms with Gasteiger partial charge in [-0.1, -0.05) is 16.8 Å². The molecule has 0 atom stereocenters. The molecule has 6 heteroatoms. The summed E-state index contributed by atoms with van der Waals surface area (Å²) in [5.41, 5.74) is 6.81. The molecule has 1 heterocycles. The second-order valence-corrected chi connectivity index (χ2v) is 6.46. The second-order valence-electron chi connectivity index (χ2n) is 5.20. The summed E-state index contributed by atoms with van der Waals surface area (Å²) >= 11 is 9.39. The normalized spacial score (nSPS) is 22.9. The summed E-state index contributed by atoms with van der Waals surface area (Å²) in [7, 11) is 0. The predicted octanol–water partition coefficient (Wildman–Crippen LogP) is 4.14. The average molecular weight is 357 g/mol. The van der Waals surface area contributed by atoms with E-state index in [9.17, 15) is 0 Å². The van der Waals surface area contributed by atoms with Crippen LogP contribution in [0.4, 0.5) is 0 Å². The van der Waals surface area contributed by atoms with E-state index in [1.165, 1.54) is 0 Å². The molecule has 4 nitrogen and oxygen atoms in total. The standard InChI is InChI=1S/C14H15BrClN3O/c15-11-7-9(3-6-12(11)16)13-18-14(20-19-13)8-1-4-10(17)5-2-8/h3,6-8,10H,1-2,4-5,17H2. The Morgan fingerprint density at radius 3 is 2.70 bits per heavy atom. The minimum absolute atomic E-state index is 0.320. The highest BCUT2D eigenvalue weighted by molar-refractivity contribution is 9.10. The quantitative estimate of drug-likeness (QED) is 0.878. The number of hydrogen-bond acceptors (Lipinski definition) is 4. The fourth-order valence-electron chi connectivity index (χ4n) is 2.52. The Bertz CT molecular complexity index is 608. The molecule has 0 spiro atoms. The lowest BCUT2D eigenvalue weighted by Gasteiger charge is -2.22. The molecule has 1 fully saturated rings. The van der Waals surface area contributed by atoms with E-state index < -0.39 is 0 Å². The minimum Gasteiger partial charge on any atom is -0.339 e. The minimum atomic E-state index is 0.320. The van der Waals surface area contributed by atoms with Crippen molar-refractivity contribution in [1.29, 1.82) is 0 Å².